The van der Waals surface area contributed by atoms with Crippen molar-refractivity contribution in [2.24, 2.45) is 0 Å². The SMILES string of the molecule is N#Cc1sc(NCC[C@@H]2CCCN2)nc1Cl. The minimum atomic E-state index is 0.300. The predicted molar refractivity (Wildman–Crippen MR) is 66.0 cm³/mol. The average molecular weight is 257 g/mol. The number of rotatable bonds is 4. The lowest BCUT2D eigenvalue weighted by Crippen LogP contribution is -2.23. The number of nitrogens with zero attached hydrogens (tertiary/aromatic N) is 2. The third kappa shape index (κ3) is 2.85. The highest BCUT2D eigenvalue weighted by Gasteiger charge is 2.13. The number of hydrogen-bond acceptors (Lipinski definition) is 5. The molecule has 0 amide bonds. The Morgan fingerprint density at radius 2 is 2.56 bits per heavy atom. The fourth-order valence-electron chi connectivity index (χ4n) is 1.80. The van der Waals surface area contributed by atoms with Crippen LogP contribution in [0.5, 0.6) is 0 Å². The second kappa shape index (κ2) is 5.48. The molecule has 0 aromatic carbocycles. The van der Waals surface area contributed by atoms with E-state index in [0.717, 1.165) is 24.6 Å². The van der Waals surface area contributed by atoms with Gasteiger partial charge < -0.3 is 10.6 Å². The summed E-state index contributed by atoms with van der Waals surface area (Å²) in [7, 11) is 0. The van der Waals surface area contributed by atoms with Gasteiger partial charge in [-0.05, 0) is 25.8 Å². The molecule has 2 rings (SSSR count). The van der Waals surface area contributed by atoms with Gasteiger partial charge in [0, 0.05) is 12.6 Å². The summed E-state index contributed by atoms with van der Waals surface area (Å²) in [5.41, 5.74) is 0. The molecule has 0 radical (unpaired) electrons. The van der Waals surface area contributed by atoms with Crippen molar-refractivity contribution >= 4 is 28.1 Å². The van der Waals surface area contributed by atoms with Crippen LogP contribution in [0.25, 0.3) is 0 Å². The lowest BCUT2D eigenvalue weighted by molar-refractivity contribution is 0.574. The molecular formula is C10H13ClN4S. The highest BCUT2D eigenvalue weighted by molar-refractivity contribution is 7.16. The van der Waals surface area contributed by atoms with Gasteiger partial charge in [-0.1, -0.05) is 22.9 Å². The van der Waals surface area contributed by atoms with E-state index in [1.807, 2.05) is 6.07 Å². The molecule has 2 N–H and O–H groups in total. The molecule has 0 spiro atoms. The number of halogens is 1. The molecule has 1 atom stereocenters. The smallest absolute Gasteiger partial charge is 0.185 e. The Bertz CT molecular complexity index is 392. The highest BCUT2D eigenvalue weighted by Crippen LogP contribution is 2.25. The Labute approximate surface area is 104 Å². The summed E-state index contributed by atoms with van der Waals surface area (Å²) in [5, 5.41) is 16.4. The molecule has 1 aromatic rings. The average Bonchev–Trinajstić information content (AvgIpc) is 2.88. The molecule has 2 heterocycles. The van der Waals surface area contributed by atoms with Crippen molar-refractivity contribution in [1.29, 1.82) is 5.26 Å². The van der Waals surface area contributed by atoms with Gasteiger partial charge in [-0.25, -0.2) is 4.98 Å². The monoisotopic (exact) mass is 256 g/mol. The molecule has 1 aromatic heterocycles. The van der Waals surface area contributed by atoms with Crippen LogP contribution in [-0.2, 0) is 0 Å². The summed E-state index contributed by atoms with van der Waals surface area (Å²) in [6.45, 7) is 2.00. The van der Waals surface area contributed by atoms with E-state index in [9.17, 15) is 0 Å². The maximum Gasteiger partial charge on any atom is 0.185 e. The van der Waals surface area contributed by atoms with Crippen molar-refractivity contribution in [2.75, 3.05) is 18.4 Å². The Morgan fingerprint density at radius 1 is 1.69 bits per heavy atom. The fraction of sp³-hybridized carbons (Fsp3) is 0.600. The van der Waals surface area contributed by atoms with Crippen LogP contribution < -0.4 is 10.6 Å². The molecule has 1 aliphatic rings. The minimum absolute atomic E-state index is 0.300. The number of hydrogen-bond donors (Lipinski definition) is 2. The summed E-state index contributed by atoms with van der Waals surface area (Å²) in [5.74, 6) is 0. The third-order valence-electron chi connectivity index (χ3n) is 2.62. The van der Waals surface area contributed by atoms with E-state index in [-0.39, 0.29) is 0 Å². The maximum atomic E-state index is 8.73. The number of nitrogens with one attached hydrogen (secondary N) is 2. The first-order valence-corrected chi connectivity index (χ1v) is 6.52. The molecule has 6 heteroatoms. The molecule has 0 aliphatic carbocycles. The van der Waals surface area contributed by atoms with E-state index in [0.29, 0.717) is 16.1 Å². The zero-order valence-corrected chi connectivity index (χ0v) is 10.4. The van der Waals surface area contributed by atoms with Gasteiger partial charge in [0.05, 0.1) is 0 Å². The van der Waals surface area contributed by atoms with E-state index in [2.05, 4.69) is 15.6 Å². The first-order valence-electron chi connectivity index (χ1n) is 5.33. The van der Waals surface area contributed by atoms with Crippen LogP contribution >= 0.6 is 22.9 Å². The Balaban J connectivity index is 1.78. The molecule has 0 saturated carbocycles. The van der Waals surface area contributed by atoms with Gasteiger partial charge >= 0.3 is 0 Å². The summed E-state index contributed by atoms with van der Waals surface area (Å²) in [4.78, 5) is 4.55. The van der Waals surface area contributed by atoms with Crippen LogP contribution in [0.1, 0.15) is 24.1 Å². The lowest BCUT2D eigenvalue weighted by atomic mass is 10.2. The number of thiazole rings is 1. The van der Waals surface area contributed by atoms with Gasteiger partial charge in [0.25, 0.3) is 0 Å². The quantitative estimate of drug-likeness (QED) is 0.867. The molecule has 4 nitrogen and oxygen atoms in total. The van der Waals surface area contributed by atoms with Crippen molar-refractivity contribution in [3.63, 3.8) is 0 Å². The molecule has 1 fully saturated rings. The molecule has 86 valence electrons. The van der Waals surface area contributed by atoms with Gasteiger partial charge in [0.2, 0.25) is 0 Å². The molecule has 1 saturated heterocycles. The zero-order valence-electron chi connectivity index (χ0n) is 8.79. The second-order valence-corrected chi connectivity index (χ2v) is 5.12. The van der Waals surface area contributed by atoms with Gasteiger partial charge in [-0.15, -0.1) is 0 Å². The zero-order chi connectivity index (χ0) is 11.4. The van der Waals surface area contributed by atoms with Crippen molar-refractivity contribution in [2.45, 2.75) is 25.3 Å². The second-order valence-electron chi connectivity index (χ2n) is 3.76. The Kier molecular flexibility index (Phi) is 3.99. The number of nitriles is 1. The van der Waals surface area contributed by atoms with Gasteiger partial charge in [0.15, 0.2) is 10.3 Å². The van der Waals surface area contributed by atoms with Crippen molar-refractivity contribution in [3.8, 4) is 6.07 Å². The first kappa shape index (κ1) is 11.6. The van der Waals surface area contributed by atoms with E-state index < -0.39 is 0 Å². The number of anilines is 1. The van der Waals surface area contributed by atoms with Crippen LogP contribution in [0.15, 0.2) is 0 Å². The molecule has 0 bridgehead atoms. The summed E-state index contributed by atoms with van der Waals surface area (Å²) in [6.07, 6.45) is 3.61. The van der Waals surface area contributed by atoms with Gasteiger partial charge in [0.1, 0.15) is 10.9 Å². The van der Waals surface area contributed by atoms with Crippen LogP contribution in [0.3, 0.4) is 0 Å². The molecular weight excluding hydrogens is 244 g/mol. The van der Waals surface area contributed by atoms with Crippen LogP contribution in [-0.4, -0.2) is 24.1 Å². The molecule has 0 unspecified atom stereocenters. The Morgan fingerprint density at radius 3 is 3.19 bits per heavy atom. The van der Waals surface area contributed by atoms with Gasteiger partial charge in [-0.2, -0.15) is 5.26 Å². The van der Waals surface area contributed by atoms with E-state index in [1.54, 1.807) is 0 Å². The third-order valence-corrected chi connectivity index (χ3v) is 3.92. The molecule has 1 aliphatic heterocycles. The Hall–Kier alpha value is -0.830. The van der Waals surface area contributed by atoms with E-state index in [1.165, 1.54) is 24.2 Å². The van der Waals surface area contributed by atoms with Crippen LogP contribution in [0.4, 0.5) is 5.13 Å². The van der Waals surface area contributed by atoms with Crippen molar-refractivity contribution in [3.05, 3.63) is 10.0 Å². The standard InChI is InChI=1S/C10H13ClN4S/c11-9-8(6-12)16-10(15-9)14-5-3-7-2-1-4-13-7/h7,13H,1-5H2,(H,14,15)/t7-/m0/s1. The summed E-state index contributed by atoms with van der Waals surface area (Å²) in [6, 6.07) is 2.64. The highest BCUT2D eigenvalue weighted by atomic mass is 35.5. The van der Waals surface area contributed by atoms with E-state index in [4.69, 9.17) is 16.9 Å². The lowest BCUT2D eigenvalue weighted by Gasteiger charge is -2.09. The van der Waals surface area contributed by atoms with Crippen LogP contribution in [0, 0.1) is 11.3 Å². The maximum absolute atomic E-state index is 8.73. The van der Waals surface area contributed by atoms with Crippen molar-refractivity contribution in [1.82, 2.24) is 10.3 Å². The molecule has 16 heavy (non-hydrogen) atoms. The fourth-order valence-corrected chi connectivity index (χ4v) is 2.78. The minimum Gasteiger partial charge on any atom is -0.361 e. The van der Waals surface area contributed by atoms with Crippen LogP contribution in [0.2, 0.25) is 5.15 Å². The number of aromatic nitrogens is 1. The largest absolute Gasteiger partial charge is 0.361 e. The summed E-state index contributed by atoms with van der Waals surface area (Å²) < 4.78 is 0. The van der Waals surface area contributed by atoms with E-state index >= 15 is 0 Å². The summed E-state index contributed by atoms with van der Waals surface area (Å²) >= 11 is 7.08. The normalized spacial score (nSPS) is 19.6. The predicted octanol–water partition coefficient (Wildman–Crippen LogP) is 2.22. The first-order chi connectivity index (χ1) is 7.79. The topological polar surface area (TPSA) is 60.7 Å². The van der Waals surface area contributed by atoms with Crippen molar-refractivity contribution < 1.29 is 0 Å². The van der Waals surface area contributed by atoms with Gasteiger partial charge in [-0.3, -0.25) is 0 Å².